The molecule has 1 atom stereocenters. The minimum Gasteiger partial charge on any atom is -0.490 e. The molecule has 90 valence electrons. The van der Waals surface area contributed by atoms with Crippen molar-refractivity contribution in [2.75, 3.05) is 13.2 Å². The molecular weight excluding hydrogens is 224 g/mol. The van der Waals surface area contributed by atoms with Crippen molar-refractivity contribution in [1.29, 1.82) is 0 Å². The first-order valence-corrected chi connectivity index (χ1v) is 5.06. The van der Waals surface area contributed by atoms with Crippen LogP contribution in [0.1, 0.15) is 20.7 Å². The number of amides is 2. The van der Waals surface area contributed by atoms with Gasteiger partial charge in [0.15, 0.2) is 0 Å². The molecule has 1 unspecified atom stereocenters. The molecule has 0 saturated carbocycles. The van der Waals surface area contributed by atoms with Gasteiger partial charge in [0.1, 0.15) is 18.5 Å². The van der Waals surface area contributed by atoms with E-state index in [1.54, 1.807) is 0 Å². The summed E-state index contributed by atoms with van der Waals surface area (Å²) in [7, 11) is 0. The molecule has 0 radical (unpaired) electrons. The number of ether oxygens (including phenoxy) is 2. The van der Waals surface area contributed by atoms with E-state index in [1.807, 2.05) is 0 Å². The molecule has 0 bridgehead atoms. The number of primary amides is 2. The van der Waals surface area contributed by atoms with Gasteiger partial charge in [-0.25, -0.2) is 0 Å². The average molecular weight is 236 g/mol. The molecule has 2 rings (SSSR count). The fraction of sp³-hybridized carbons (Fsp3) is 0.273. The Hall–Kier alpha value is -2.08. The number of benzene rings is 1. The summed E-state index contributed by atoms with van der Waals surface area (Å²) in [6, 6.07) is 4.26. The van der Waals surface area contributed by atoms with Gasteiger partial charge >= 0.3 is 0 Å². The van der Waals surface area contributed by atoms with E-state index in [9.17, 15) is 9.59 Å². The maximum Gasteiger partial charge on any atom is 0.252 e. The third kappa shape index (κ3) is 2.73. The van der Waals surface area contributed by atoms with E-state index in [2.05, 4.69) is 0 Å². The Kier molecular flexibility index (Phi) is 2.97. The number of carbonyl (C=O) groups is 2. The van der Waals surface area contributed by atoms with E-state index < -0.39 is 11.8 Å². The van der Waals surface area contributed by atoms with Crippen LogP contribution in [0.3, 0.4) is 0 Å². The molecule has 1 saturated heterocycles. The molecule has 6 heteroatoms. The lowest BCUT2D eigenvalue weighted by molar-refractivity contribution is 0.0984. The van der Waals surface area contributed by atoms with E-state index >= 15 is 0 Å². The number of hydrogen-bond acceptors (Lipinski definition) is 4. The second-order valence-corrected chi connectivity index (χ2v) is 3.71. The molecule has 17 heavy (non-hydrogen) atoms. The van der Waals surface area contributed by atoms with E-state index in [0.29, 0.717) is 13.2 Å². The Balaban J connectivity index is 2.24. The zero-order valence-corrected chi connectivity index (χ0v) is 9.01. The van der Waals surface area contributed by atoms with Crippen molar-refractivity contribution in [3.05, 3.63) is 29.3 Å². The smallest absolute Gasteiger partial charge is 0.252 e. The van der Waals surface area contributed by atoms with Gasteiger partial charge in [-0.2, -0.15) is 0 Å². The van der Waals surface area contributed by atoms with Crippen LogP contribution in [0.15, 0.2) is 18.2 Å². The minimum absolute atomic E-state index is 0.0490. The normalized spacial score (nSPS) is 17.5. The fourth-order valence-corrected chi connectivity index (χ4v) is 1.35. The molecule has 2 amide bonds. The molecule has 1 aliphatic heterocycles. The quantitative estimate of drug-likeness (QED) is 0.682. The summed E-state index contributed by atoms with van der Waals surface area (Å²) in [6.07, 6.45) is 0.0490. The van der Waals surface area contributed by atoms with Crippen LogP contribution in [0.25, 0.3) is 0 Å². The van der Waals surface area contributed by atoms with Crippen molar-refractivity contribution in [3.63, 3.8) is 0 Å². The van der Waals surface area contributed by atoms with Crippen molar-refractivity contribution < 1.29 is 19.1 Å². The Labute approximate surface area is 97.5 Å². The SMILES string of the molecule is NC(=O)c1ccc(C(N)=O)c(OCC2CO2)c1. The van der Waals surface area contributed by atoms with Crippen LogP contribution < -0.4 is 16.2 Å². The summed E-state index contributed by atoms with van der Waals surface area (Å²) in [5.74, 6) is -0.953. The summed E-state index contributed by atoms with van der Waals surface area (Å²) in [5, 5.41) is 0. The summed E-state index contributed by atoms with van der Waals surface area (Å²) < 4.78 is 10.4. The van der Waals surface area contributed by atoms with Crippen molar-refractivity contribution in [2.24, 2.45) is 11.5 Å². The van der Waals surface area contributed by atoms with Gasteiger partial charge in [-0.3, -0.25) is 9.59 Å². The van der Waals surface area contributed by atoms with E-state index in [0.717, 1.165) is 0 Å². The van der Waals surface area contributed by atoms with Gasteiger partial charge in [-0.1, -0.05) is 0 Å². The van der Waals surface area contributed by atoms with Gasteiger partial charge < -0.3 is 20.9 Å². The molecule has 1 aliphatic rings. The topological polar surface area (TPSA) is 108 Å². The highest BCUT2D eigenvalue weighted by molar-refractivity contribution is 5.99. The van der Waals surface area contributed by atoms with Crippen LogP contribution in [-0.4, -0.2) is 31.1 Å². The molecule has 1 fully saturated rings. The van der Waals surface area contributed by atoms with Crippen molar-refractivity contribution in [1.82, 2.24) is 0 Å². The van der Waals surface area contributed by atoms with E-state index in [4.69, 9.17) is 20.9 Å². The maximum absolute atomic E-state index is 11.2. The Morgan fingerprint density at radius 2 is 2.06 bits per heavy atom. The molecule has 0 aliphatic carbocycles. The molecule has 0 aromatic heterocycles. The highest BCUT2D eigenvalue weighted by Gasteiger charge is 2.24. The van der Waals surface area contributed by atoms with Crippen LogP contribution in [0.2, 0.25) is 0 Å². The van der Waals surface area contributed by atoms with Gasteiger partial charge in [-0.15, -0.1) is 0 Å². The monoisotopic (exact) mass is 236 g/mol. The largest absolute Gasteiger partial charge is 0.490 e. The van der Waals surface area contributed by atoms with E-state index in [-0.39, 0.29) is 23.0 Å². The molecule has 0 spiro atoms. The minimum atomic E-state index is -0.618. The molecule has 1 heterocycles. The second kappa shape index (κ2) is 4.42. The van der Waals surface area contributed by atoms with Crippen LogP contribution in [0.4, 0.5) is 0 Å². The number of carbonyl (C=O) groups excluding carboxylic acids is 2. The number of nitrogens with two attached hydrogens (primary N) is 2. The van der Waals surface area contributed by atoms with E-state index in [1.165, 1.54) is 18.2 Å². The van der Waals surface area contributed by atoms with Gasteiger partial charge in [0, 0.05) is 5.56 Å². The molecule has 1 aromatic rings. The summed E-state index contributed by atoms with van der Waals surface area (Å²) in [6.45, 7) is 0.962. The zero-order valence-electron chi connectivity index (χ0n) is 9.01. The lowest BCUT2D eigenvalue weighted by atomic mass is 10.1. The van der Waals surface area contributed by atoms with Gasteiger partial charge in [0.25, 0.3) is 5.91 Å². The van der Waals surface area contributed by atoms with Gasteiger partial charge in [0.2, 0.25) is 5.91 Å². The number of hydrogen-bond donors (Lipinski definition) is 2. The third-order valence-corrected chi connectivity index (χ3v) is 2.36. The first kappa shape index (κ1) is 11.4. The molecule has 4 N–H and O–H groups in total. The number of rotatable bonds is 5. The summed E-state index contributed by atoms with van der Waals surface area (Å²) >= 11 is 0. The Morgan fingerprint density at radius 3 is 2.59 bits per heavy atom. The van der Waals surface area contributed by atoms with Crippen LogP contribution in [-0.2, 0) is 4.74 Å². The average Bonchev–Trinajstić information content (AvgIpc) is 3.09. The fourth-order valence-electron chi connectivity index (χ4n) is 1.35. The highest BCUT2D eigenvalue weighted by atomic mass is 16.6. The molecular formula is C11H12N2O4. The predicted molar refractivity (Wildman–Crippen MR) is 58.7 cm³/mol. The Morgan fingerprint density at radius 1 is 1.35 bits per heavy atom. The highest BCUT2D eigenvalue weighted by Crippen LogP contribution is 2.22. The van der Waals surface area contributed by atoms with Crippen molar-refractivity contribution in [3.8, 4) is 5.75 Å². The zero-order chi connectivity index (χ0) is 12.4. The first-order chi connectivity index (χ1) is 8.08. The van der Waals surface area contributed by atoms with Crippen LogP contribution >= 0.6 is 0 Å². The predicted octanol–water partition coefficient (Wildman–Crippen LogP) is -0.338. The first-order valence-electron chi connectivity index (χ1n) is 5.06. The third-order valence-electron chi connectivity index (χ3n) is 2.36. The van der Waals surface area contributed by atoms with Gasteiger partial charge in [-0.05, 0) is 18.2 Å². The van der Waals surface area contributed by atoms with Crippen LogP contribution in [0, 0.1) is 0 Å². The lowest BCUT2D eigenvalue weighted by Crippen LogP contribution is -2.17. The molecule has 6 nitrogen and oxygen atoms in total. The molecule has 1 aromatic carbocycles. The summed E-state index contributed by atoms with van der Waals surface area (Å²) in [4.78, 5) is 22.2. The Bertz CT molecular complexity index is 469. The maximum atomic E-state index is 11.2. The summed E-state index contributed by atoms with van der Waals surface area (Å²) in [5.41, 5.74) is 10.8. The van der Waals surface area contributed by atoms with Crippen molar-refractivity contribution in [2.45, 2.75) is 6.10 Å². The van der Waals surface area contributed by atoms with Crippen LogP contribution in [0.5, 0.6) is 5.75 Å². The lowest BCUT2D eigenvalue weighted by Gasteiger charge is -2.09. The standard InChI is InChI=1S/C11H12N2O4/c12-10(14)6-1-2-8(11(13)15)9(3-6)17-5-7-4-16-7/h1-3,7H,4-5H2,(H2,12,14)(H2,13,15). The second-order valence-electron chi connectivity index (χ2n) is 3.71. The van der Waals surface area contributed by atoms with Crippen molar-refractivity contribution >= 4 is 11.8 Å². The number of epoxide rings is 1. The van der Waals surface area contributed by atoms with Gasteiger partial charge in [0.05, 0.1) is 12.2 Å².